The first-order valence-electron chi connectivity index (χ1n) is 8.96. The van der Waals surface area contributed by atoms with Crippen molar-refractivity contribution in [3.63, 3.8) is 0 Å². The number of aliphatic carboxylic acids is 1. The van der Waals surface area contributed by atoms with E-state index in [0.717, 1.165) is 0 Å². The van der Waals surface area contributed by atoms with Gasteiger partial charge in [-0.2, -0.15) is 0 Å². The highest BCUT2D eigenvalue weighted by molar-refractivity contribution is 6.01. The summed E-state index contributed by atoms with van der Waals surface area (Å²) in [5.74, 6) is -1.39. The van der Waals surface area contributed by atoms with Crippen LogP contribution in [0.2, 0.25) is 0 Å². The van der Waals surface area contributed by atoms with Crippen molar-refractivity contribution in [1.29, 1.82) is 0 Å². The smallest absolute Gasteiger partial charge is 0.442 e. The second-order valence-electron chi connectivity index (χ2n) is 7.62. The van der Waals surface area contributed by atoms with Crippen LogP contribution in [-0.2, 0) is 10.3 Å². The van der Waals surface area contributed by atoms with Gasteiger partial charge >= 0.3 is 11.9 Å². The van der Waals surface area contributed by atoms with Crippen molar-refractivity contribution in [3.05, 3.63) is 64.2 Å². The minimum Gasteiger partial charge on any atom is -1.00 e. The van der Waals surface area contributed by atoms with Gasteiger partial charge in [-0.1, -0.05) is 49.4 Å². The maximum atomic E-state index is 12.4. The molecule has 154 valence electrons. The lowest BCUT2D eigenvalue weighted by atomic mass is 9.83. The summed E-state index contributed by atoms with van der Waals surface area (Å²) in [5, 5.41) is 22.4. The maximum Gasteiger partial charge on any atom is 0.442 e. The summed E-state index contributed by atoms with van der Waals surface area (Å²) in [6.45, 7) is 1.80. The van der Waals surface area contributed by atoms with Gasteiger partial charge in [-0.15, -0.1) is 0 Å². The van der Waals surface area contributed by atoms with Crippen LogP contribution < -0.4 is 24.0 Å². The second-order valence-corrected chi connectivity index (χ2v) is 7.62. The number of nitrogens with zero attached hydrogens (tertiary/aromatic N) is 2. The van der Waals surface area contributed by atoms with Gasteiger partial charge in [0.15, 0.2) is 5.58 Å². The molecular weight excluding hydrogens is 487 g/mol. The van der Waals surface area contributed by atoms with Crippen molar-refractivity contribution in [2.75, 3.05) is 21.1 Å². The van der Waals surface area contributed by atoms with Gasteiger partial charge in [0, 0.05) is 11.8 Å². The number of quaternary nitrogens is 1. The number of carboxylic acids is 1. The van der Waals surface area contributed by atoms with Crippen LogP contribution in [0.5, 0.6) is 0 Å². The Balaban J connectivity index is 0.00000300. The normalized spacial score (nSPS) is 13.5. The van der Waals surface area contributed by atoms with Crippen molar-refractivity contribution in [3.8, 4) is 11.1 Å². The summed E-state index contributed by atoms with van der Waals surface area (Å²) in [7, 11) is 5.39. The van der Waals surface area contributed by atoms with Crippen molar-refractivity contribution >= 4 is 22.8 Å². The largest absolute Gasteiger partial charge is 1.00 e. The molecule has 3 aromatic rings. The zero-order chi connectivity index (χ0) is 20.7. The molecule has 0 spiro atoms. The fraction of sp³-hybridized carbons (Fsp3) is 0.286. The summed E-state index contributed by atoms with van der Waals surface area (Å²) in [6, 6.07) is 14.1. The molecule has 1 unspecified atom stereocenters. The molecule has 0 bridgehead atoms. The summed E-state index contributed by atoms with van der Waals surface area (Å²) in [4.78, 5) is 23.6. The predicted octanol–water partition coefficient (Wildman–Crippen LogP) is 1.41. The third-order valence-electron chi connectivity index (χ3n) is 5.38. The number of furan rings is 1. The van der Waals surface area contributed by atoms with E-state index in [9.17, 15) is 20.0 Å². The molecule has 1 atom stereocenters. The third-order valence-corrected chi connectivity index (χ3v) is 5.38. The van der Waals surface area contributed by atoms with Crippen LogP contribution in [0.15, 0.2) is 52.9 Å². The number of fused-ring (bicyclic) bond motifs is 1. The Kier molecular flexibility index (Phi) is 6.39. The fourth-order valence-corrected chi connectivity index (χ4v) is 4.02. The van der Waals surface area contributed by atoms with E-state index in [4.69, 9.17) is 4.42 Å². The van der Waals surface area contributed by atoms with E-state index in [2.05, 4.69) is 0 Å². The summed E-state index contributed by atoms with van der Waals surface area (Å²) in [6.07, 6.45) is 0.292. The highest BCUT2D eigenvalue weighted by Gasteiger charge is 2.53. The Labute approximate surface area is 185 Å². The van der Waals surface area contributed by atoms with E-state index in [-0.39, 0.29) is 39.9 Å². The number of carbonyl (C=O) groups is 1. The lowest BCUT2D eigenvalue weighted by Gasteiger charge is -2.42. The summed E-state index contributed by atoms with van der Waals surface area (Å²) >= 11 is 0. The number of nitro groups is 1. The van der Waals surface area contributed by atoms with Gasteiger partial charge in [-0.05, 0) is 11.6 Å². The minimum absolute atomic E-state index is 0. The van der Waals surface area contributed by atoms with Gasteiger partial charge in [0.05, 0.1) is 26.7 Å². The Morgan fingerprint density at radius 3 is 2.24 bits per heavy atom. The molecule has 0 saturated heterocycles. The quantitative estimate of drug-likeness (QED) is 0.234. The van der Waals surface area contributed by atoms with Gasteiger partial charge < -0.3 is 38.0 Å². The predicted molar refractivity (Wildman–Crippen MR) is 106 cm³/mol. The van der Waals surface area contributed by atoms with Crippen molar-refractivity contribution in [2.45, 2.75) is 18.9 Å². The molecule has 1 aromatic heterocycles. The van der Waals surface area contributed by atoms with Crippen LogP contribution in [-0.4, -0.2) is 41.6 Å². The number of carboxylic acid groups (broad SMARTS) is 1. The molecule has 1 heterocycles. The zero-order valence-electron chi connectivity index (χ0n) is 16.7. The van der Waals surface area contributed by atoms with Crippen LogP contribution >= 0.6 is 0 Å². The summed E-state index contributed by atoms with van der Waals surface area (Å²) in [5.41, 5.74) is 0.356. The third kappa shape index (κ3) is 3.51. The Bertz CT molecular complexity index is 1060. The lowest BCUT2D eigenvalue weighted by molar-refractivity contribution is -0.921. The topological polar surface area (TPSA) is 93.6 Å². The number of para-hydroxylation sites is 1. The summed E-state index contributed by atoms with van der Waals surface area (Å²) < 4.78 is 5.83. The highest BCUT2D eigenvalue weighted by atomic mass is 127. The number of benzene rings is 2. The molecule has 0 aliphatic carbocycles. The number of likely N-dealkylation sites (N-methyl/N-ethyl adjacent to an activating group) is 1. The van der Waals surface area contributed by atoms with Crippen molar-refractivity contribution in [2.24, 2.45) is 0 Å². The Morgan fingerprint density at radius 1 is 1.14 bits per heavy atom. The molecule has 3 rings (SSSR count). The van der Waals surface area contributed by atoms with Crippen LogP contribution in [0.4, 0.5) is 5.88 Å². The zero-order valence-corrected chi connectivity index (χ0v) is 18.8. The van der Waals surface area contributed by atoms with E-state index in [1.165, 1.54) is 0 Å². The van der Waals surface area contributed by atoms with Crippen molar-refractivity contribution in [1.82, 2.24) is 0 Å². The Morgan fingerprint density at radius 2 is 1.76 bits per heavy atom. The van der Waals surface area contributed by atoms with Crippen LogP contribution in [0.25, 0.3) is 22.1 Å². The van der Waals surface area contributed by atoms with Gasteiger partial charge in [-0.25, -0.2) is 4.79 Å². The fourth-order valence-electron chi connectivity index (χ4n) is 4.02. The maximum absolute atomic E-state index is 12.4. The standard InChI is InChI=1S/C21H22N2O5.HI/c1-5-21(20(24)25,23(2,3)4)16-13-9-12-15-17(14-10-7-6-8-11-14)19(22(26)27)28-18(15)16;/h6-13H,5H2,1-4H3;1H. The molecule has 7 nitrogen and oxygen atoms in total. The monoisotopic (exact) mass is 510 g/mol. The molecule has 0 saturated carbocycles. The highest BCUT2D eigenvalue weighted by Crippen LogP contribution is 2.45. The molecule has 29 heavy (non-hydrogen) atoms. The molecule has 0 fully saturated rings. The van der Waals surface area contributed by atoms with Gasteiger partial charge in [-0.3, -0.25) is 10.1 Å². The van der Waals surface area contributed by atoms with Crippen LogP contribution in [0.3, 0.4) is 0 Å². The first kappa shape index (κ1) is 22.8. The van der Waals surface area contributed by atoms with E-state index in [0.29, 0.717) is 28.5 Å². The van der Waals surface area contributed by atoms with Crippen LogP contribution in [0, 0.1) is 10.1 Å². The molecule has 8 heteroatoms. The van der Waals surface area contributed by atoms with E-state index in [1.807, 2.05) is 6.07 Å². The van der Waals surface area contributed by atoms with E-state index >= 15 is 0 Å². The second kappa shape index (κ2) is 8.11. The lowest BCUT2D eigenvalue weighted by Crippen LogP contribution is -3.00. The number of halogens is 1. The molecular formula is C21H23IN2O5. The first-order chi connectivity index (χ1) is 13.1. The number of hydrogen-bond donors (Lipinski definition) is 1. The first-order valence-corrected chi connectivity index (χ1v) is 8.96. The average Bonchev–Trinajstić information content (AvgIpc) is 3.02. The SMILES string of the molecule is CCC(C(=O)O)(c1cccc2c(-c3ccccc3)c([N+](=O)[O-])oc12)[N+](C)(C)C.[I-]. The van der Waals surface area contributed by atoms with Crippen LogP contribution in [0.1, 0.15) is 18.9 Å². The van der Waals surface area contributed by atoms with Gasteiger partial charge in [0.25, 0.3) is 0 Å². The van der Waals surface area contributed by atoms with Crippen molar-refractivity contribution < 1.29 is 47.7 Å². The minimum atomic E-state index is -1.32. The molecule has 0 aliphatic heterocycles. The molecule has 0 amide bonds. The van der Waals surface area contributed by atoms with Gasteiger partial charge in [0.1, 0.15) is 10.5 Å². The molecule has 0 radical (unpaired) electrons. The molecule has 2 aromatic carbocycles. The van der Waals surface area contributed by atoms with E-state index in [1.54, 1.807) is 70.5 Å². The number of rotatable bonds is 6. The molecule has 1 N–H and O–H groups in total. The van der Waals surface area contributed by atoms with Gasteiger partial charge in [0.2, 0.25) is 5.54 Å². The molecule has 0 aliphatic rings. The average molecular weight is 510 g/mol. The van der Waals surface area contributed by atoms with E-state index < -0.39 is 16.4 Å². The Hall–Kier alpha value is -2.46. The number of hydrogen-bond acceptors (Lipinski definition) is 4.